The average molecular weight is 488 g/mol. The quantitative estimate of drug-likeness (QED) is 0.226. The van der Waals surface area contributed by atoms with Crippen LogP contribution in [0.1, 0.15) is 34.5 Å². The van der Waals surface area contributed by atoms with E-state index in [0.29, 0.717) is 33.9 Å². The molecular weight excluding hydrogens is 462 g/mol. The first-order valence-corrected chi connectivity index (χ1v) is 11.3. The molecule has 1 unspecified atom stereocenters. The molecule has 0 aromatic heterocycles. The molecule has 1 atom stereocenters. The smallest absolute Gasteiger partial charge is 0.338 e. The summed E-state index contributed by atoms with van der Waals surface area (Å²) in [4.78, 5) is 39.9. The summed E-state index contributed by atoms with van der Waals surface area (Å²) >= 11 is 0. The van der Waals surface area contributed by atoms with Crippen LogP contribution in [-0.4, -0.2) is 43.6 Å². The van der Waals surface area contributed by atoms with Gasteiger partial charge in [-0.2, -0.15) is 0 Å². The number of aliphatic hydroxyl groups excluding tert-OH is 1. The lowest BCUT2D eigenvalue weighted by Crippen LogP contribution is -2.29. The molecular formula is C28H25NO7. The van der Waals surface area contributed by atoms with Crippen LogP contribution >= 0.6 is 0 Å². The highest BCUT2D eigenvalue weighted by Crippen LogP contribution is 2.42. The second kappa shape index (κ2) is 10.4. The Morgan fingerprint density at radius 3 is 1.89 bits per heavy atom. The van der Waals surface area contributed by atoms with E-state index in [9.17, 15) is 19.5 Å². The van der Waals surface area contributed by atoms with E-state index in [4.69, 9.17) is 14.2 Å². The Labute approximate surface area is 208 Å². The molecule has 3 aromatic rings. The Morgan fingerprint density at radius 1 is 0.833 bits per heavy atom. The molecule has 1 aliphatic rings. The molecule has 0 bridgehead atoms. The predicted molar refractivity (Wildman–Crippen MR) is 133 cm³/mol. The van der Waals surface area contributed by atoms with E-state index in [1.54, 1.807) is 67.6 Å². The number of esters is 1. The van der Waals surface area contributed by atoms with Gasteiger partial charge in [0.2, 0.25) is 0 Å². The molecule has 3 aromatic carbocycles. The number of rotatable bonds is 7. The van der Waals surface area contributed by atoms with Gasteiger partial charge in [-0.1, -0.05) is 12.1 Å². The Balaban J connectivity index is 1.84. The molecule has 0 saturated carbocycles. The number of carbonyl (C=O) groups is 3. The summed E-state index contributed by atoms with van der Waals surface area (Å²) in [5.74, 6) is -1.22. The van der Waals surface area contributed by atoms with Gasteiger partial charge in [0.15, 0.2) is 0 Å². The number of ether oxygens (including phenoxy) is 3. The van der Waals surface area contributed by atoms with Crippen molar-refractivity contribution in [3.05, 3.63) is 95.1 Å². The van der Waals surface area contributed by atoms with E-state index in [1.165, 1.54) is 31.3 Å². The number of ketones is 1. The Hall–Kier alpha value is -4.59. The van der Waals surface area contributed by atoms with Crippen LogP contribution in [0.5, 0.6) is 11.5 Å². The monoisotopic (exact) mass is 487 g/mol. The van der Waals surface area contributed by atoms with Gasteiger partial charge in [-0.05, 0) is 73.2 Å². The summed E-state index contributed by atoms with van der Waals surface area (Å²) < 4.78 is 15.4. The molecule has 0 aliphatic carbocycles. The lowest BCUT2D eigenvalue weighted by molar-refractivity contribution is -0.132. The molecule has 1 aliphatic heterocycles. The van der Waals surface area contributed by atoms with Crippen molar-refractivity contribution in [2.45, 2.75) is 13.0 Å². The Morgan fingerprint density at radius 2 is 1.36 bits per heavy atom. The van der Waals surface area contributed by atoms with Crippen LogP contribution in [0.4, 0.5) is 5.69 Å². The highest BCUT2D eigenvalue weighted by Gasteiger charge is 2.47. The van der Waals surface area contributed by atoms with Crippen molar-refractivity contribution in [2.75, 3.05) is 25.7 Å². The molecule has 8 heteroatoms. The van der Waals surface area contributed by atoms with Crippen LogP contribution in [0.25, 0.3) is 5.76 Å². The van der Waals surface area contributed by atoms with Crippen molar-refractivity contribution in [1.82, 2.24) is 0 Å². The number of benzene rings is 3. The van der Waals surface area contributed by atoms with Crippen LogP contribution in [0.3, 0.4) is 0 Å². The van der Waals surface area contributed by atoms with Gasteiger partial charge in [0.1, 0.15) is 17.3 Å². The number of amides is 1. The number of aliphatic hydroxyl groups is 1. The van der Waals surface area contributed by atoms with Gasteiger partial charge in [0.05, 0.1) is 38.0 Å². The maximum Gasteiger partial charge on any atom is 0.338 e. The Bertz CT molecular complexity index is 1310. The Kier molecular flexibility index (Phi) is 7.05. The molecule has 36 heavy (non-hydrogen) atoms. The fraction of sp³-hybridized carbons (Fsp3) is 0.179. The number of carbonyl (C=O) groups excluding carboxylic acids is 3. The molecule has 1 heterocycles. The molecule has 8 nitrogen and oxygen atoms in total. The summed E-state index contributed by atoms with van der Waals surface area (Å²) in [6.07, 6.45) is 0. The number of hydrogen-bond acceptors (Lipinski definition) is 7. The second-order valence-electron chi connectivity index (χ2n) is 7.94. The molecule has 184 valence electrons. The molecule has 1 fully saturated rings. The first-order chi connectivity index (χ1) is 17.4. The third kappa shape index (κ3) is 4.53. The summed E-state index contributed by atoms with van der Waals surface area (Å²) in [5.41, 5.74) is 1.62. The van der Waals surface area contributed by atoms with Crippen LogP contribution in [0.15, 0.2) is 78.4 Å². The standard InChI is InChI=1S/C28H25NO7/c1-4-36-28(33)19-5-11-20(12-6-19)29-24(17-7-13-21(34-2)14-8-17)23(26(31)27(29)32)25(30)18-9-15-22(35-3)16-10-18/h5-16,24,30H,4H2,1-3H3/b25-23+. The van der Waals surface area contributed by atoms with E-state index in [0.717, 1.165) is 0 Å². The van der Waals surface area contributed by atoms with Gasteiger partial charge < -0.3 is 19.3 Å². The molecule has 1 saturated heterocycles. The fourth-order valence-electron chi connectivity index (χ4n) is 4.08. The van der Waals surface area contributed by atoms with Crippen LogP contribution < -0.4 is 14.4 Å². The van der Waals surface area contributed by atoms with Crippen LogP contribution in [-0.2, 0) is 14.3 Å². The molecule has 1 amide bonds. The first kappa shape index (κ1) is 24.5. The van der Waals surface area contributed by atoms with Crippen molar-refractivity contribution in [1.29, 1.82) is 0 Å². The molecule has 4 rings (SSSR count). The lowest BCUT2D eigenvalue weighted by Gasteiger charge is -2.25. The van der Waals surface area contributed by atoms with Gasteiger partial charge >= 0.3 is 5.97 Å². The zero-order valence-electron chi connectivity index (χ0n) is 20.1. The first-order valence-electron chi connectivity index (χ1n) is 11.3. The largest absolute Gasteiger partial charge is 0.507 e. The van der Waals surface area contributed by atoms with Crippen molar-refractivity contribution < 1.29 is 33.7 Å². The normalized spacial score (nSPS) is 16.6. The maximum atomic E-state index is 13.3. The highest BCUT2D eigenvalue weighted by molar-refractivity contribution is 6.51. The third-order valence-electron chi connectivity index (χ3n) is 5.90. The van der Waals surface area contributed by atoms with Crippen molar-refractivity contribution in [2.24, 2.45) is 0 Å². The predicted octanol–water partition coefficient (Wildman–Crippen LogP) is 4.51. The van der Waals surface area contributed by atoms with Gasteiger partial charge in [-0.15, -0.1) is 0 Å². The van der Waals surface area contributed by atoms with Gasteiger partial charge in [0.25, 0.3) is 11.7 Å². The highest BCUT2D eigenvalue weighted by atomic mass is 16.5. The molecule has 1 N–H and O–H groups in total. The SMILES string of the molecule is CCOC(=O)c1ccc(N2C(=O)C(=O)/C(=C(/O)c3ccc(OC)cc3)C2c2ccc(OC)cc2)cc1. The van der Waals surface area contributed by atoms with E-state index in [-0.39, 0.29) is 17.9 Å². The summed E-state index contributed by atoms with van der Waals surface area (Å²) in [5, 5.41) is 11.2. The minimum atomic E-state index is -0.911. The second-order valence-corrected chi connectivity index (χ2v) is 7.94. The van der Waals surface area contributed by atoms with E-state index in [1.807, 2.05) is 0 Å². The topological polar surface area (TPSA) is 102 Å². The summed E-state index contributed by atoms with van der Waals surface area (Å²) in [7, 11) is 3.06. The van der Waals surface area contributed by atoms with Crippen LogP contribution in [0, 0.1) is 0 Å². The third-order valence-corrected chi connectivity index (χ3v) is 5.90. The van der Waals surface area contributed by atoms with Crippen molar-refractivity contribution >= 4 is 29.1 Å². The van der Waals surface area contributed by atoms with Crippen molar-refractivity contribution in [3.8, 4) is 11.5 Å². The zero-order valence-corrected chi connectivity index (χ0v) is 20.1. The number of Topliss-reactive ketones (excluding diaryl/α,β-unsaturated/α-hetero) is 1. The van der Waals surface area contributed by atoms with Gasteiger partial charge in [-0.25, -0.2) is 4.79 Å². The minimum absolute atomic E-state index is 0.0511. The van der Waals surface area contributed by atoms with Gasteiger partial charge in [-0.3, -0.25) is 14.5 Å². The van der Waals surface area contributed by atoms with E-state index >= 15 is 0 Å². The number of hydrogen-bond donors (Lipinski definition) is 1. The number of nitrogens with zero attached hydrogens (tertiary/aromatic N) is 1. The fourth-order valence-corrected chi connectivity index (χ4v) is 4.08. The maximum absolute atomic E-state index is 13.3. The van der Waals surface area contributed by atoms with Crippen LogP contribution in [0.2, 0.25) is 0 Å². The number of anilines is 1. The minimum Gasteiger partial charge on any atom is -0.507 e. The lowest BCUT2D eigenvalue weighted by atomic mass is 9.95. The van der Waals surface area contributed by atoms with Crippen molar-refractivity contribution in [3.63, 3.8) is 0 Å². The van der Waals surface area contributed by atoms with Gasteiger partial charge in [0, 0.05) is 11.3 Å². The van der Waals surface area contributed by atoms with E-state index in [2.05, 4.69) is 0 Å². The van der Waals surface area contributed by atoms with E-state index < -0.39 is 23.7 Å². The average Bonchev–Trinajstić information content (AvgIpc) is 3.18. The summed E-state index contributed by atoms with van der Waals surface area (Å²) in [6, 6.07) is 18.7. The summed E-state index contributed by atoms with van der Waals surface area (Å²) in [6.45, 7) is 1.95. The number of methoxy groups -OCH3 is 2. The molecule has 0 radical (unpaired) electrons. The zero-order chi connectivity index (χ0) is 25.8. The molecule has 0 spiro atoms.